The number of hydrogen-bond donors (Lipinski definition) is 2. The van der Waals surface area contributed by atoms with Crippen molar-refractivity contribution in [3.8, 4) is 0 Å². The number of amides is 2. The van der Waals surface area contributed by atoms with Gasteiger partial charge < -0.3 is 15.2 Å². The van der Waals surface area contributed by atoms with Crippen molar-refractivity contribution >= 4 is 28.7 Å². The summed E-state index contributed by atoms with van der Waals surface area (Å²) in [6.07, 6.45) is 6.70. The molecule has 0 saturated carbocycles. The minimum absolute atomic E-state index is 0.115. The summed E-state index contributed by atoms with van der Waals surface area (Å²) in [6, 6.07) is 5.79. The fraction of sp³-hybridized carbons (Fsp3) is 0.375. The molecule has 2 amide bonds. The van der Waals surface area contributed by atoms with E-state index in [1.165, 1.54) is 0 Å². The Balaban J connectivity index is 1.55. The van der Waals surface area contributed by atoms with Gasteiger partial charge in [0.15, 0.2) is 0 Å². The molecule has 0 aliphatic heterocycles. The minimum atomic E-state index is -0.115. The van der Waals surface area contributed by atoms with E-state index in [9.17, 15) is 4.79 Å². The number of rotatable bonds is 4. The van der Waals surface area contributed by atoms with Gasteiger partial charge in [0.1, 0.15) is 5.82 Å². The minimum Gasteiger partial charge on any atom is -0.338 e. The van der Waals surface area contributed by atoms with Gasteiger partial charge in [0.2, 0.25) is 0 Å². The fourth-order valence-electron chi connectivity index (χ4n) is 2.71. The van der Waals surface area contributed by atoms with Crippen LogP contribution in [0.5, 0.6) is 0 Å². The molecule has 6 heteroatoms. The third-order valence-corrected chi connectivity index (χ3v) is 4.15. The lowest BCUT2D eigenvalue weighted by Crippen LogP contribution is -2.41. The third-order valence-electron chi connectivity index (χ3n) is 3.91. The van der Waals surface area contributed by atoms with E-state index in [-0.39, 0.29) is 12.1 Å². The second-order valence-electron chi connectivity index (χ2n) is 5.51. The Morgan fingerprint density at radius 2 is 2.18 bits per heavy atom. The van der Waals surface area contributed by atoms with Gasteiger partial charge in [-0.2, -0.15) is 0 Å². The van der Waals surface area contributed by atoms with E-state index in [1.807, 2.05) is 29.8 Å². The summed E-state index contributed by atoms with van der Waals surface area (Å²) in [7, 11) is 1.98. The predicted octanol–water partition coefficient (Wildman–Crippen LogP) is 2.79. The zero-order valence-electron chi connectivity index (χ0n) is 12.5. The van der Waals surface area contributed by atoms with Gasteiger partial charge in [0.25, 0.3) is 0 Å². The number of nitrogens with zero attached hydrogens (tertiary/aromatic N) is 2. The molecule has 1 aliphatic rings. The van der Waals surface area contributed by atoms with Crippen LogP contribution in [0.4, 0.5) is 4.79 Å². The average molecular weight is 319 g/mol. The summed E-state index contributed by atoms with van der Waals surface area (Å²) in [5.41, 5.74) is 1.92. The standard InChI is InChI=1S/C16H19ClN4O/c1-21-14-7-6-11(17)10-13(14)20-15(21)8-9-18-16(22)19-12-4-2-3-5-12/h2-3,6-7,10,12H,4-5,8-9H2,1H3,(H2,18,19,22). The Morgan fingerprint density at radius 1 is 1.41 bits per heavy atom. The summed E-state index contributed by atoms with van der Waals surface area (Å²) in [5.74, 6) is 0.931. The highest BCUT2D eigenvalue weighted by Crippen LogP contribution is 2.19. The van der Waals surface area contributed by atoms with Crippen molar-refractivity contribution in [1.29, 1.82) is 0 Å². The van der Waals surface area contributed by atoms with Crippen LogP contribution in [0.1, 0.15) is 18.7 Å². The van der Waals surface area contributed by atoms with E-state index in [0.717, 1.165) is 29.7 Å². The molecule has 1 aromatic carbocycles. The van der Waals surface area contributed by atoms with Gasteiger partial charge in [-0.1, -0.05) is 23.8 Å². The van der Waals surface area contributed by atoms with Crippen molar-refractivity contribution in [2.24, 2.45) is 7.05 Å². The van der Waals surface area contributed by atoms with E-state index < -0.39 is 0 Å². The van der Waals surface area contributed by atoms with Gasteiger partial charge in [-0.3, -0.25) is 0 Å². The van der Waals surface area contributed by atoms with Crippen LogP contribution < -0.4 is 10.6 Å². The van der Waals surface area contributed by atoms with E-state index >= 15 is 0 Å². The summed E-state index contributed by atoms with van der Waals surface area (Å²) in [6.45, 7) is 0.552. The predicted molar refractivity (Wildman–Crippen MR) is 88.1 cm³/mol. The lowest BCUT2D eigenvalue weighted by molar-refractivity contribution is 0.237. The Kier molecular flexibility index (Phi) is 4.34. The number of benzene rings is 1. The van der Waals surface area contributed by atoms with Gasteiger partial charge in [0.05, 0.1) is 11.0 Å². The molecule has 116 valence electrons. The van der Waals surface area contributed by atoms with Crippen LogP contribution in [-0.2, 0) is 13.5 Å². The number of nitrogens with one attached hydrogen (secondary N) is 2. The Bertz CT molecular complexity index is 714. The first-order chi connectivity index (χ1) is 10.6. The highest BCUT2D eigenvalue weighted by Gasteiger charge is 2.13. The molecule has 22 heavy (non-hydrogen) atoms. The number of imidazole rings is 1. The lowest BCUT2D eigenvalue weighted by atomic mass is 10.2. The van der Waals surface area contributed by atoms with Gasteiger partial charge in [-0.15, -0.1) is 0 Å². The highest BCUT2D eigenvalue weighted by atomic mass is 35.5. The van der Waals surface area contributed by atoms with Crippen molar-refractivity contribution in [1.82, 2.24) is 20.2 Å². The van der Waals surface area contributed by atoms with Gasteiger partial charge in [-0.25, -0.2) is 9.78 Å². The summed E-state index contributed by atoms with van der Waals surface area (Å²) in [4.78, 5) is 16.4. The molecule has 2 N–H and O–H groups in total. The molecular weight excluding hydrogens is 300 g/mol. The highest BCUT2D eigenvalue weighted by molar-refractivity contribution is 6.31. The van der Waals surface area contributed by atoms with Crippen LogP contribution in [0.2, 0.25) is 5.02 Å². The van der Waals surface area contributed by atoms with Crippen LogP contribution in [-0.4, -0.2) is 28.2 Å². The SMILES string of the molecule is Cn1c(CCNC(=O)NC2CC=CC2)nc2cc(Cl)ccc21. The number of carbonyl (C=O) groups excluding carboxylic acids is 1. The smallest absolute Gasteiger partial charge is 0.315 e. The first kappa shape index (κ1) is 14.9. The number of hydrogen-bond acceptors (Lipinski definition) is 2. The Labute approximate surface area is 134 Å². The molecular formula is C16H19ClN4O. The van der Waals surface area contributed by atoms with Crippen LogP contribution in [0.3, 0.4) is 0 Å². The fourth-order valence-corrected chi connectivity index (χ4v) is 2.87. The number of halogens is 1. The van der Waals surface area contributed by atoms with E-state index in [1.54, 1.807) is 0 Å². The molecule has 3 rings (SSSR count). The monoisotopic (exact) mass is 318 g/mol. The maximum atomic E-state index is 11.8. The van der Waals surface area contributed by atoms with E-state index in [2.05, 4.69) is 27.8 Å². The first-order valence-electron chi connectivity index (χ1n) is 7.43. The van der Waals surface area contributed by atoms with Gasteiger partial charge >= 0.3 is 6.03 Å². The molecule has 0 atom stereocenters. The van der Waals surface area contributed by atoms with Crippen molar-refractivity contribution in [3.05, 3.63) is 41.2 Å². The maximum absolute atomic E-state index is 11.8. The third kappa shape index (κ3) is 3.25. The normalized spacial score (nSPS) is 14.6. The topological polar surface area (TPSA) is 59.0 Å². The number of aromatic nitrogens is 2. The number of aryl methyl sites for hydroxylation is 1. The Morgan fingerprint density at radius 3 is 2.95 bits per heavy atom. The molecule has 1 aromatic heterocycles. The molecule has 0 radical (unpaired) electrons. The molecule has 1 aliphatic carbocycles. The molecule has 0 bridgehead atoms. The second kappa shape index (κ2) is 6.40. The van der Waals surface area contributed by atoms with Crippen molar-refractivity contribution < 1.29 is 4.79 Å². The molecule has 2 aromatic rings. The molecule has 0 saturated heterocycles. The van der Waals surface area contributed by atoms with Gasteiger partial charge in [-0.05, 0) is 31.0 Å². The van der Waals surface area contributed by atoms with Crippen molar-refractivity contribution in [2.45, 2.75) is 25.3 Å². The van der Waals surface area contributed by atoms with E-state index in [4.69, 9.17) is 11.6 Å². The molecule has 0 unspecified atom stereocenters. The first-order valence-corrected chi connectivity index (χ1v) is 7.81. The Hall–Kier alpha value is -2.01. The maximum Gasteiger partial charge on any atom is 0.315 e. The zero-order chi connectivity index (χ0) is 15.5. The second-order valence-corrected chi connectivity index (χ2v) is 5.95. The summed E-state index contributed by atoms with van der Waals surface area (Å²) < 4.78 is 2.03. The van der Waals surface area contributed by atoms with E-state index in [0.29, 0.717) is 18.0 Å². The van der Waals surface area contributed by atoms with Crippen molar-refractivity contribution in [3.63, 3.8) is 0 Å². The number of urea groups is 1. The van der Waals surface area contributed by atoms with Crippen molar-refractivity contribution in [2.75, 3.05) is 6.54 Å². The van der Waals surface area contributed by atoms with Crippen LogP contribution >= 0.6 is 11.6 Å². The largest absolute Gasteiger partial charge is 0.338 e. The quantitative estimate of drug-likeness (QED) is 0.852. The molecule has 5 nitrogen and oxygen atoms in total. The molecule has 0 spiro atoms. The van der Waals surface area contributed by atoms with Crippen LogP contribution in [0.25, 0.3) is 11.0 Å². The average Bonchev–Trinajstić information content (AvgIpc) is 3.08. The molecule has 1 heterocycles. The lowest BCUT2D eigenvalue weighted by Gasteiger charge is -2.12. The van der Waals surface area contributed by atoms with Gasteiger partial charge in [0, 0.05) is 31.1 Å². The number of fused-ring (bicyclic) bond motifs is 1. The number of carbonyl (C=O) groups is 1. The zero-order valence-corrected chi connectivity index (χ0v) is 13.2. The van der Waals surface area contributed by atoms with Crippen LogP contribution in [0.15, 0.2) is 30.4 Å². The van der Waals surface area contributed by atoms with Crippen LogP contribution in [0, 0.1) is 0 Å². The summed E-state index contributed by atoms with van der Waals surface area (Å²) in [5, 5.41) is 6.52. The molecule has 0 fully saturated rings. The summed E-state index contributed by atoms with van der Waals surface area (Å²) >= 11 is 5.99.